The third-order valence-electron chi connectivity index (χ3n) is 3.41. The van der Waals surface area contributed by atoms with Crippen LogP contribution in [0.15, 0.2) is 35.2 Å². The first-order chi connectivity index (χ1) is 11.0. The van der Waals surface area contributed by atoms with Gasteiger partial charge < -0.3 is 11.1 Å². The summed E-state index contributed by atoms with van der Waals surface area (Å²) in [4.78, 5) is 18.4. The zero-order valence-corrected chi connectivity index (χ0v) is 16.9. The van der Waals surface area contributed by atoms with E-state index in [2.05, 4.69) is 33.7 Å². The number of carbonyl (C=O) groups excluding carboxylic acids is 1. The van der Waals surface area contributed by atoms with Gasteiger partial charge in [0.25, 0.3) is 0 Å². The lowest BCUT2D eigenvalue weighted by Crippen LogP contribution is -2.20. The summed E-state index contributed by atoms with van der Waals surface area (Å²) in [5.74, 6) is 0.00952. The number of thiazole rings is 1. The molecule has 0 saturated carbocycles. The number of carbonyl (C=O) groups is 1. The first kappa shape index (κ1) is 23.8. The van der Waals surface area contributed by atoms with Crippen molar-refractivity contribution in [2.24, 2.45) is 5.73 Å². The van der Waals surface area contributed by atoms with Crippen molar-refractivity contribution >= 4 is 47.7 Å². The Morgan fingerprint density at radius 2 is 2.12 bits per heavy atom. The van der Waals surface area contributed by atoms with Crippen molar-refractivity contribution in [2.75, 3.05) is 12.4 Å². The first-order valence-corrected chi connectivity index (χ1v) is 8.67. The standard InChI is InChI=1S/C17H24N4OS.2ClH/c1-13(18)6-7-17(22)20-15-5-3-4-14(8-15)9-21(2)10-16-11-23-12-19-16;;/h3-5,8,11-13H,6-7,9-10,18H2,1-2H3,(H,20,22);2*1H. The van der Waals surface area contributed by atoms with Crippen molar-refractivity contribution in [2.45, 2.75) is 38.9 Å². The van der Waals surface area contributed by atoms with E-state index in [1.54, 1.807) is 11.3 Å². The molecule has 0 saturated heterocycles. The molecule has 0 radical (unpaired) electrons. The van der Waals surface area contributed by atoms with E-state index in [0.29, 0.717) is 12.8 Å². The van der Waals surface area contributed by atoms with Crippen molar-refractivity contribution < 1.29 is 4.79 Å². The predicted octanol–water partition coefficient (Wildman–Crippen LogP) is 3.68. The molecule has 140 valence electrons. The second-order valence-electron chi connectivity index (χ2n) is 5.92. The zero-order valence-electron chi connectivity index (χ0n) is 14.5. The molecule has 3 N–H and O–H groups in total. The Labute approximate surface area is 165 Å². The van der Waals surface area contributed by atoms with Crippen molar-refractivity contribution in [1.29, 1.82) is 0 Å². The molecule has 0 spiro atoms. The highest BCUT2D eigenvalue weighted by Gasteiger charge is 2.07. The third-order valence-corrected chi connectivity index (χ3v) is 4.04. The van der Waals surface area contributed by atoms with Crippen LogP contribution >= 0.6 is 36.2 Å². The van der Waals surface area contributed by atoms with Crippen LogP contribution in [0.3, 0.4) is 0 Å². The fourth-order valence-electron chi connectivity index (χ4n) is 2.29. The number of nitrogens with one attached hydrogen (secondary N) is 1. The summed E-state index contributed by atoms with van der Waals surface area (Å²) in [5, 5.41) is 4.99. The number of anilines is 1. The highest BCUT2D eigenvalue weighted by molar-refractivity contribution is 7.07. The highest BCUT2D eigenvalue weighted by Crippen LogP contribution is 2.14. The maximum absolute atomic E-state index is 11.9. The molecule has 1 atom stereocenters. The number of halogens is 2. The minimum absolute atomic E-state index is 0. The fourth-order valence-corrected chi connectivity index (χ4v) is 2.84. The van der Waals surface area contributed by atoms with Crippen molar-refractivity contribution in [3.63, 3.8) is 0 Å². The number of amides is 1. The number of nitrogens with zero attached hydrogens (tertiary/aromatic N) is 2. The van der Waals surface area contributed by atoms with Crippen molar-refractivity contribution in [3.8, 4) is 0 Å². The van der Waals surface area contributed by atoms with E-state index in [9.17, 15) is 4.79 Å². The molecule has 25 heavy (non-hydrogen) atoms. The molecule has 1 amide bonds. The van der Waals surface area contributed by atoms with Crippen LogP contribution in [0.25, 0.3) is 0 Å². The van der Waals surface area contributed by atoms with Gasteiger partial charge in [0.15, 0.2) is 0 Å². The third kappa shape index (κ3) is 9.18. The summed E-state index contributed by atoms with van der Waals surface area (Å²) < 4.78 is 0. The van der Waals surface area contributed by atoms with Crippen LogP contribution in [0.5, 0.6) is 0 Å². The average molecular weight is 405 g/mol. The molecule has 2 rings (SSSR count). The Balaban J connectivity index is 0.00000288. The van der Waals surface area contributed by atoms with Gasteiger partial charge >= 0.3 is 0 Å². The minimum Gasteiger partial charge on any atom is -0.328 e. The van der Waals surface area contributed by atoms with Crippen LogP contribution in [-0.2, 0) is 17.9 Å². The fraction of sp³-hybridized carbons (Fsp3) is 0.412. The van der Waals surface area contributed by atoms with Crippen LogP contribution < -0.4 is 11.1 Å². The second-order valence-corrected chi connectivity index (χ2v) is 6.64. The zero-order chi connectivity index (χ0) is 16.7. The molecule has 0 aliphatic carbocycles. The Morgan fingerprint density at radius 3 is 2.76 bits per heavy atom. The van der Waals surface area contributed by atoms with Gasteiger partial charge in [0.1, 0.15) is 0 Å². The second kappa shape index (κ2) is 12.2. The molecule has 1 aromatic heterocycles. The quantitative estimate of drug-likeness (QED) is 0.703. The van der Waals surface area contributed by atoms with Crippen LogP contribution in [0, 0.1) is 0 Å². The molecule has 0 aliphatic heterocycles. The smallest absolute Gasteiger partial charge is 0.224 e. The molecule has 1 unspecified atom stereocenters. The van der Waals surface area contributed by atoms with Gasteiger partial charge in [0.05, 0.1) is 11.2 Å². The Hall–Kier alpha value is -1.18. The van der Waals surface area contributed by atoms with Gasteiger partial charge in [-0.25, -0.2) is 4.98 Å². The van der Waals surface area contributed by atoms with Gasteiger partial charge in [0.2, 0.25) is 5.91 Å². The SMILES string of the molecule is CC(N)CCC(=O)Nc1cccc(CN(C)Cc2cscn2)c1.Cl.Cl. The van der Waals surface area contributed by atoms with Crippen molar-refractivity contribution in [3.05, 3.63) is 46.4 Å². The van der Waals surface area contributed by atoms with Crippen LogP contribution in [0.4, 0.5) is 5.69 Å². The van der Waals surface area contributed by atoms with E-state index in [-0.39, 0.29) is 36.8 Å². The number of rotatable bonds is 8. The van der Waals surface area contributed by atoms with E-state index in [4.69, 9.17) is 5.73 Å². The minimum atomic E-state index is 0. The Bertz CT molecular complexity index is 623. The summed E-state index contributed by atoms with van der Waals surface area (Å²) in [6.45, 7) is 3.53. The highest BCUT2D eigenvalue weighted by atomic mass is 35.5. The van der Waals surface area contributed by atoms with Gasteiger partial charge in [-0.3, -0.25) is 9.69 Å². The largest absolute Gasteiger partial charge is 0.328 e. The normalized spacial score (nSPS) is 11.4. The number of benzene rings is 1. The molecule has 5 nitrogen and oxygen atoms in total. The molecular weight excluding hydrogens is 379 g/mol. The maximum Gasteiger partial charge on any atom is 0.224 e. The summed E-state index contributed by atoms with van der Waals surface area (Å²) in [6, 6.07) is 8.00. The number of hydrogen-bond donors (Lipinski definition) is 2. The summed E-state index contributed by atoms with van der Waals surface area (Å²) in [7, 11) is 2.06. The van der Waals surface area contributed by atoms with Gasteiger partial charge in [0, 0.05) is 36.6 Å². The maximum atomic E-state index is 11.9. The van der Waals surface area contributed by atoms with Crippen LogP contribution in [0.1, 0.15) is 31.0 Å². The molecule has 2 aromatic rings. The lowest BCUT2D eigenvalue weighted by molar-refractivity contribution is -0.116. The first-order valence-electron chi connectivity index (χ1n) is 7.73. The van der Waals surface area contributed by atoms with Gasteiger partial charge in [-0.2, -0.15) is 0 Å². The molecule has 0 fully saturated rings. The van der Waals surface area contributed by atoms with E-state index in [1.807, 2.05) is 30.6 Å². The van der Waals surface area contributed by atoms with E-state index in [0.717, 1.165) is 30.0 Å². The van der Waals surface area contributed by atoms with Gasteiger partial charge in [-0.1, -0.05) is 12.1 Å². The van der Waals surface area contributed by atoms with Crippen molar-refractivity contribution in [1.82, 2.24) is 9.88 Å². The van der Waals surface area contributed by atoms with E-state index < -0.39 is 0 Å². The lowest BCUT2D eigenvalue weighted by Gasteiger charge is -2.16. The summed E-state index contributed by atoms with van der Waals surface area (Å²) in [5.41, 5.74) is 10.6. The van der Waals surface area contributed by atoms with E-state index >= 15 is 0 Å². The predicted molar refractivity (Wildman–Crippen MR) is 110 cm³/mol. The molecule has 8 heteroatoms. The Kier molecular flexibility index (Phi) is 11.6. The van der Waals surface area contributed by atoms with Crippen LogP contribution in [-0.4, -0.2) is 28.9 Å². The van der Waals surface area contributed by atoms with E-state index in [1.165, 1.54) is 0 Å². The number of aromatic nitrogens is 1. The monoisotopic (exact) mass is 404 g/mol. The molecule has 1 aromatic carbocycles. The molecule has 1 heterocycles. The Morgan fingerprint density at radius 1 is 1.36 bits per heavy atom. The van der Waals surface area contributed by atoms with Gasteiger partial charge in [-0.05, 0) is 38.1 Å². The topological polar surface area (TPSA) is 71.2 Å². The number of hydrogen-bond acceptors (Lipinski definition) is 5. The average Bonchev–Trinajstić information content (AvgIpc) is 2.98. The molecular formula is C17H26Cl2N4OS. The summed E-state index contributed by atoms with van der Waals surface area (Å²) >= 11 is 1.61. The summed E-state index contributed by atoms with van der Waals surface area (Å²) in [6.07, 6.45) is 1.15. The molecule has 0 aliphatic rings. The lowest BCUT2D eigenvalue weighted by atomic mass is 10.1. The number of nitrogens with two attached hydrogens (primary N) is 1. The van der Waals surface area contributed by atoms with Gasteiger partial charge in [-0.15, -0.1) is 36.2 Å². The molecule has 0 bridgehead atoms. The van der Waals surface area contributed by atoms with Crippen LogP contribution in [0.2, 0.25) is 0 Å².